The van der Waals surface area contributed by atoms with Gasteiger partial charge in [-0.1, -0.05) is 11.6 Å². The minimum absolute atomic E-state index is 0.00947. The van der Waals surface area contributed by atoms with E-state index in [0.29, 0.717) is 58.7 Å². The zero-order valence-corrected chi connectivity index (χ0v) is 26.6. The normalized spacial score (nSPS) is 26.7. The van der Waals surface area contributed by atoms with Gasteiger partial charge in [0.2, 0.25) is 0 Å². The average molecular weight is 665 g/mol. The molecular weight excluding hydrogens is 630 g/mol. The Morgan fingerprint density at radius 3 is 2.81 bits per heavy atom. The van der Waals surface area contributed by atoms with Crippen molar-refractivity contribution in [3.05, 3.63) is 34.9 Å². The Labute approximate surface area is 274 Å². The first-order valence-corrected chi connectivity index (χ1v) is 16.9. The molecule has 6 bridgehead atoms. The van der Waals surface area contributed by atoms with Crippen molar-refractivity contribution in [2.24, 2.45) is 5.92 Å². The van der Waals surface area contributed by atoms with E-state index in [1.54, 1.807) is 12.4 Å². The molecule has 14 heteroatoms. The topological polar surface area (TPSA) is 121 Å². The molecule has 3 aromatic heterocycles. The number of rotatable bonds is 4. The number of aromatic nitrogens is 5. The Morgan fingerprint density at radius 1 is 1.13 bits per heavy atom. The molecule has 4 fully saturated rings. The Balaban J connectivity index is 1.22. The molecule has 6 aliphatic rings. The van der Waals surface area contributed by atoms with Gasteiger partial charge in [-0.15, -0.1) is 0 Å². The molecule has 1 saturated carbocycles. The lowest BCUT2D eigenvalue weighted by atomic mass is 9.94. The number of halogens is 3. The summed E-state index contributed by atoms with van der Waals surface area (Å²) >= 11 is 6.91. The number of nitrogens with one attached hydrogen (secondary N) is 2. The number of aromatic amines is 1. The van der Waals surface area contributed by atoms with Crippen molar-refractivity contribution in [3.8, 4) is 17.3 Å². The van der Waals surface area contributed by atoms with Crippen molar-refractivity contribution in [1.82, 2.24) is 35.4 Å². The number of fused-ring (bicyclic) bond motifs is 7. The van der Waals surface area contributed by atoms with Crippen molar-refractivity contribution in [3.63, 3.8) is 0 Å². The maximum absolute atomic E-state index is 17.1. The predicted octanol–water partition coefficient (Wildman–Crippen LogP) is 5.52. The van der Waals surface area contributed by atoms with E-state index in [0.717, 1.165) is 50.8 Å². The van der Waals surface area contributed by atoms with Crippen molar-refractivity contribution in [1.29, 1.82) is 0 Å². The molecule has 11 nitrogen and oxygen atoms in total. The van der Waals surface area contributed by atoms with Crippen LogP contribution in [0.4, 0.5) is 19.4 Å². The van der Waals surface area contributed by atoms with Gasteiger partial charge in [0, 0.05) is 35.3 Å². The minimum atomic E-state index is -1.18. The van der Waals surface area contributed by atoms with E-state index in [4.69, 9.17) is 31.0 Å². The Morgan fingerprint density at radius 2 is 1.98 bits per heavy atom. The third kappa shape index (κ3) is 4.71. The molecule has 1 aliphatic carbocycles. The molecule has 246 valence electrons. The van der Waals surface area contributed by atoms with Crippen molar-refractivity contribution in [2.75, 3.05) is 51.0 Å². The largest absolute Gasteiger partial charge is 0.461 e. The molecule has 10 rings (SSSR count). The standard InChI is InChI=1S/C33H35ClF2N8O3/c34-22-12-23-20(14-38-42-23)25-24(22)19-11-18(19)3-10-46-31(45)41-32(15-35)6-9-43(16-32)29-21-13-37-28(25)26(36)27(21)39-30(40-29)47-17-33-4-1-7-44(33)8-2-5-33/h12-14,18-19H,1-11,15-17H2,(H,38,42)(H,41,45)/t18?,19?,32-/m0/s1. The molecule has 0 radical (unpaired) electrons. The zero-order valence-electron chi connectivity index (χ0n) is 25.8. The van der Waals surface area contributed by atoms with Crippen LogP contribution in [0, 0.1) is 11.7 Å². The van der Waals surface area contributed by atoms with E-state index in [1.807, 2.05) is 11.0 Å². The van der Waals surface area contributed by atoms with Crippen LogP contribution in [0.2, 0.25) is 5.02 Å². The second kappa shape index (κ2) is 10.8. The lowest BCUT2D eigenvalue weighted by Crippen LogP contribution is -2.52. The minimum Gasteiger partial charge on any atom is -0.461 e. The summed E-state index contributed by atoms with van der Waals surface area (Å²) in [7, 11) is 0. The van der Waals surface area contributed by atoms with E-state index in [1.165, 1.54) is 0 Å². The van der Waals surface area contributed by atoms with Gasteiger partial charge in [0.1, 0.15) is 30.3 Å². The fraction of sp³-hybridized carbons (Fsp3) is 0.545. The van der Waals surface area contributed by atoms with Crippen LogP contribution in [0.3, 0.4) is 0 Å². The first-order chi connectivity index (χ1) is 22.9. The van der Waals surface area contributed by atoms with Gasteiger partial charge in [-0.25, -0.2) is 13.6 Å². The van der Waals surface area contributed by atoms with Crippen molar-refractivity contribution < 1.29 is 23.0 Å². The Hall–Kier alpha value is -3.84. The predicted molar refractivity (Wildman–Crippen MR) is 171 cm³/mol. The highest BCUT2D eigenvalue weighted by molar-refractivity contribution is 6.33. The Bertz CT molecular complexity index is 1910. The number of H-pyrrole nitrogens is 1. The second-order valence-electron chi connectivity index (χ2n) is 13.9. The molecule has 4 aromatic rings. The second-order valence-corrected chi connectivity index (χ2v) is 14.3. The lowest BCUT2D eigenvalue weighted by Gasteiger charge is -2.31. The van der Waals surface area contributed by atoms with Crippen LogP contribution in [-0.4, -0.2) is 93.3 Å². The number of hydrogen-bond donors (Lipinski definition) is 2. The van der Waals surface area contributed by atoms with Gasteiger partial charge in [0.05, 0.1) is 34.8 Å². The molecule has 3 atom stereocenters. The molecule has 47 heavy (non-hydrogen) atoms. The number of alkyl halides is 1. The summed E-state index contributed by atoms with van der Waals surface area (Å²) in [5.41, 5.74) is 0.961. The van der Waals surface area contributed by atoms with Gasteiger partial charge < -0.3 is 19.7 Å². The number of ether oxygens (including phenoxy) is 2. The lowest BCUT2D eigenvalue weighted by molar-refractivity contribution is 0.108. The summed E-state index contributed by atoms with van der Waals surface area (Å²) in [6.45, 7) is 2.34. The maximum Gasteiger partial charge on any atom is 0.407 e. The quantitative estimate of drug-likeness (QED) is 0.291. The van der Waals surface area contributed by atoms with Gasteiger partial charge >= 0.3 is 12.1 Å². The van der Waals surface area contributed by atoms with Crippen LogP contribution in [0.15, 0.2) is 18.5 Å². The summed E-state index contributed by atoms with van der Waals surface area (Å²) in [6.07, 6.45) is 8.57. The number of alkyl carbamates (subject to hydrolysis) is 1. The third-order valence-electron chi connectivity index (χ3n) is 11.2. The first-order valence-electron chi connectivity index (χ1n) is 16.5. The summed E-state index contributed by atoms with van der Waals surface area (Å²) in [4.78, 5) is 31.4. The van der Waals surface area contributed by atoms with E-state index < -0.39 is 24.1 Å². The number of pyridine rings is 1. The van der Waals surface area contributed by atoms with Crippen molar-refractivity contribution in [2.45, 2.75) is 61.9 Å². The highest BCUT2D eigenvalue weighted by atomic mass is 35.5. The van der Waals surface area contributed by atoms with Crippen LogP contribution < -0.4 is 15.0 Å². The zero-order chi connectivity index (χ0) is 31.9. The Kier molecular flexibility index (Phi) is 6.76. The van der Waals surface area contributed by atoms with Gasteiger partial charge in [0.15, 0.2) is 5.82 Å². The third-order valence-corrected chi connectivity index (χ3v) is 11.5. The van der Waals surface area contributed by atoms with Gasteiger partial charge in [-0.2, -0.15) is 15.1 Å². The van der Waals surface area contributed by atoms with Crippen molar-refractivity contribution >= 4 is 45.3 Å². The number of carbonyl (C=O) groups is 1. The van der Waals surface area contributed by atoms with E-state index in [-0.39, 0.29) is 47.7 Å². The van der Waals surface area contributed by atoms with Crippen LogP contribution in [0.5, 0.6) is 6.01 Å². The highest BCUT2D eigenvalue weighted by Gasteiger charge is 2.46. The summed E-state index contributed by atoms with van der Waals surface area (Å²) in [5.74, 6) is -0.0568. The monoisotopic (exact) mass is 664 g/mol. The van der Waals surface area contributed by atoms with E-state index >= 15 is 4.39 Å². The van der Waals surface area contributed by atoms with E-state index in [9.17, 15) is 9.18 Å². The van der Waals surface area contributed by atoms with Crippen LogP contribution in [-0.2, 0) is 4.74 Å². The molecule has 2 N–H and O–H groups in total. The summed E-state index contributed by atoms with van der Waals surface area (Å²) in [6, 6.07) is 1.87. The number of carbonyl (C=O) groups excluding carboxylic acids is 1. The number of amides is 1. The van der Waals surface area contributed by atoms with Crippen LogP contribution >= 0.6 is 11.6 Å². The number of hydrogen-bond acceptors (Lipinski definition) is 9. The first kappa shape index (κ1) is 29.3. The summed E-state index contributed by atoms with van der Waals surface area (Å²) in [5, 5.41) is 11.6. The molecule has 1 amide bonds. The summed E-state index contributed by atoms with van der Waals surface area (Å²) < 4.78 is 43.7. The molecule has 2 unspecified atom stereocenters. The molecule has 1 aromatic carbocycles. The number of benzene rings is 1. The average Bonchev–Trinajstić information content (AvgIpc) is 3.48. The fourth-order valence-corrected chi connectivity index (χ4v) is 8.97. The molecule has 3 saturated heterocycles. The number of nitrogens with zero attached hydrogens (tertiary/aromatic N) is 6. The highest BCUT2D eigenvalue weighted by Crippen LogP contribution is 2.56. The fourth-order valence-electron chi connectivity index (χ4n) is 8.63. The van der Waals surface area contributed by atoms with Gasteiger partial charge in [0.25, 0.3) is 0 Å². The van der Waals surface area contributed by atoms with Gasteiger partial charge in [-0.05, 0) is 81.5 Å². The van der Waals surface area contributed by atoms with Crippen LogP contribution in [0.25, 0.3) is 33.1 Å². The SMILES string of the molecule is O=C1N[C@]2(CF)CCN(C2)c2nc(OCC34CCCN3CCC4)nc3c(F)c(ncc23)-c2c(c(Cl)cc3[nH]ncc23)C2CC2CCO1. The van der Waals surface area contributed by atoms with Crippen LogP contribution in [0.1, 0.15) is 56.4 Å². The molecule has 5 aliphatic heterocycles. The molecule has 0 spiro atoms. The van der Waals surface area contributed by atoms with E-state index in [2.05, 4.69) is 25.4 Å². The van der Waals surface area contributed by atoms with Gasteiger partial charge in [-0.3, -0.25) is 15.0 Å². The smallest absolute Gasteiger partial charge is 0.407 e. The maximum atomic E-state index is 17.1. The molecular formula is C33H35ClF2N8O3. The molecule has 8 heterocycles. The number of anilines is 1.